The van der Waals surface area contributed by atoms with Crippen molar-refractivity contribution in [2.75, 3.05) is 13.1 Å². The molecule has 1 unspecified atom stereocenters. The number of carbonyl (C=O) groups excluding carboxylic acids is 2. The first kappa shape index (κ1) is 16.8. The number of carbonyl (C=O) groups is 2. The van der Waals surface area contributed by atoms with E-state index in [1.54, 1.807) is 4.90 Å². The fraction of sp³-hybridized carbons (Fsp3) is 0.529. The normalized spacial score (nSPS) is 19.3. The van der Waals surface area contributed by atoms with Gasteiger partial charge in [-0.2, -0.15) is 0 Å². The topological polar surface area (TPSA) is 66.6 Å². The van der Waals surface area contributed by atoms with E-state index in [4.69, 9.17) is 5.73 Å². The number of rotatable bonds is 1. The maximum atomic E-state index is 13.3. The lowest BCUT2D eigenvalue weighted by Crippen LogP contribution is -2.48. The van der Waals surface area contributed by atoms with Gasteiger partial charge < -0.3 is 15.5 Å². The zero-order valence-corrected chi connectivity index (χ0v) is 13.6. The number of piperidine rings is 1. The van der Waals surface area contributed by atoms with E-state index in [1.807, 2.05) is 6.92 Å². The maximum absolute atomic E-state index is 13.3. The second-order valence-corrected chi connectivity index (χ2v) is 6.68. The third-order valence-corrected chi connectivity index (χ3v) is 5.01. The highest BCUT2D eigenvalue weighted by Crippen LogP contribution is 2.26. The first-order valence-corrected chi connectivity index (χ1v) is 8.17. The van der Waals surface area contributed by atoms with Gasteiger partial charge in [0.05, 0.1) is 0 Å². The van der Waals surface area contributed by atoms with E-state index in [2.05, 4.69) is 0 Å². The number of hydrogen-bond donors (Lipinski definition) is 1. The number of likely N-dealkylation sites (tertiary alicyclic amines) is 1. The number of fused-ring (bicyclic) bond motifs is 1. The lowest BCUT2D eigenvalue weighted by Gasteiger charge is -2.34. The minimum absolute atomic E-state index is 0.0795. The van der Waals surface area contributed by atoms with Crippen LogP contribution in [0.25, 0.3) is 0 Å². The van der Waals surface area contributed by atoms with Gasteiger partial charge in [0.2, 0.25) is 0 Å². The molecule has 0 radical (unpaired) electrons. The van der Waals surface area contributed by atoms with Gasteiger partial charge in [-0.15, -0.1) is 0 Å². The van der Waals surface area contributed by atoms with E-state index in [1.165, 1.54) is 4.90 Å². The molecular weight excluding hydrogens is 316 g/mol. The van der Waals surface area contributed by atoms with Crippen LogP contribution < -0.4 is 5.73 Å². The molecule has 130 valence electrons. The first-order valence-electron chi connectivity index (χ1n) is 8.17. The molecule has 3 rings (SSSR count). The molecule has 1 atom stereocenters. The summed E-state index contributed by atoms with van der Waals surface area (Å²) in [6, 6.07) is 2.27. The molecule has 0 aromatic heterocycles. The largest absolute Gasteiger partial charge is 0.334 e. The van der Waals surface area contributed by atoms with Crippen molar-refractivity contribution >= 4 is 11.8 Å². The van der Waals surface area contributed by atoms with Crippen molar-refractivity contribution in [3.05, 3.63) is 34.9 Å². The van der Waals surface area contributed by atoms with Crippen LogP contribution in [0, 0.1) is 17.6 Å². The highest BCUT2D eigenvalue weighted by molar-refractivity contribution is 6.34. The monoisotopic (exact) mass is 337 g/mol. The highest BCUT2D eigenvalue weighted by Gasteiger charge is 2.33. The summed E-state index contributed by atoms with van der Waals surface area (Å²) < 4.78 is 26.6. The quantitative estimate of drug-likeness (QED) is 0.788. The Hall–Kier alpha value is -2.02. The number of amides is 2. The molecule has 0 bridgehead atoms. The number of hydrogen-bond acceptors (Lipinski definition) is 3. The van der Waals surface area contributed by atoms with Gasteiger partial charge in [0, 0.05) is 32.2 Å². The molecule has 2 aliphatic heterocycles. The predicted octanol–water partition coefficient (Wildman–Crippen LogP) is 1.39. The Morgan fingerprint density at radius 2 is 1.50 bits per heavy atom. The maximum Gasteiger partial charge on any atom is 0.312 e. The molecule has 1 aromatic carbocycles. The van der Waals surface area contributed by atoms with Crippen molar-refractivity contribution in [2.24, 2.45) is 11.7 Å². The number of nitrogens with two attached hydrogens (primary N) is 1. The van der Waals surface area contributed by atoms with Crippen molar-refractivity contribution < 1.29 is 18.4 Å². The second-order valence-electron chi connectivity index (χ2n) is 6.68. The molecule has 1 saturated heterocycles. The van der Waals surface area contributed by atoms with E-state index in [0.717, 1.165) is 25.0 Å². The Bertz CT molecular complexity index is 639. The summed E-state index contributed by atoms with van der Waals surface area (Å²) >= 11 is 0. The van der Waals surface area contributed by atoms with Crippen LogP contribution >= 0.6 is 0 Å². The summed E-state index contributed by atoms with van der Waals surface area (Å²) in [5, 5.41) is 0. The van der Waals surface area contributed by atoms with Crippen LogP contribution in [0.4, 0.5) is 8.78 Å². The van der Waals surface area contributed by atoms with Crippen molar-refractivity contribution in [2.45, 2.75) is 38.9 Å². The van der Waals surface area contributed by atoms with Crippen molar-refractivity contribution in [3.63, 3.8) is 0 Å². The molecule has 0 spiro atoms. The number of halogens is 2. The second kappa shape index (κ2) is 6.47. The minimum atomic E-state index is -0.938. The van der Waals surface area contributed by atoms with E-state index >= 15 is 0 Å². The van der Waals surface area contributed by atoms with Crippen molar-refractivity contribution in [1.29, 1.82) is 0 Å². The first-order chi connectivity index (χ1) is 11.4. The fourth-order valence-corrected chi connectivity index (χ4v) is 3.43. The van der Waals surface area contributed by atoms with Gasteiger partial charge in [0.1, 0.15) is 0 Å². The molecular formula is C17H21F2N3O2. The molecule has 24 heavy (non-hydrogen) atoms. The summed E-state index contributed by atoms with van der Waals surface area (Å²) in [7, 11) is 0. The lowest BCUT2D eigenvalue weighted by atomic mass is 9.91. The minimum Gasteiger partial charge on any atom is -0.334 e. The molecule has 2 heterocycles. The Labute approximate surface area is 139 Å². The highest BCUT2D eigenvalue weighted by atomic mass is 19.2. The zero-order valence-electron chi connectivity index (χ0n) is 13.6. The number of nitrogens with zero attached hydrogens (tertiary/aromatic N) is 2. The van der Waals surface area contributed by atoms with Crippen molar-refractivity contribution in [3.8, 4) is 0 Å². The Morgan fingerprint density at radius 3 is 1.96 bits per heavy atom. The van der Waals surface area contributed by atoms with Crippen LogP contribution in [0.15, 0.2) is 12.1 Å². The Balaban J connectivity index is 1.63. The molecule has 1 aromatic rings. The van der Waals surface area contributed by atoms with Gasteiger partial charge in [-0.1, -0.05) is 0 Å². The summed E-state index contributed by atoms with van der Waals surface area (Å²) in [5.41, 5.74) is 6.98. The van der Waals surface area contributed by atoms with Gasteiger partial charge >= 0.3 is 11.8 Å². The lowest BCUT2D eigenvalue weighted by molar-refractivity contribution is -0.153. The average Bonchev–Trinajstić information content (AvgIpc) is 2.96. The van der Waals surface area contributed by atoms with E-state index in [0.29, 0.717) is 30.1 Å². The van der Waals surface area contributed by atoms with Crippen LogP contribution in [-0.2, 0) is 22.7 Å². The standard InChI is InChI=1S/C17H21F2N3O2/c1-10(20)11-2-4-21(5-3-11)16(23)17(24)22-8-12-6-14(18)15(19)7-13(12)9-22/h6-7,10-11H,2-5,8-9,20H2,1H3. The zero-order chi connectivity index (χ0) is 17.4. The molecule has 5 nitrogen and oxygen atoms in total. The molecule has 1 fully saturated rings. The SMILES string of the molecule is CC(N)C1CCN(C(=O)C(=O)N2Cc3cc(F)c(F)cc3C2)CC1. The molecule has 0 aliphatic carbocycles. The Kier molecular flexibility index (Phi) is 4.54. The van der Waals surface area contributed by atoms with Crippen LogP contribution in [0.2, 0.25) is 0 Å². The van der Waals surface area contributed by atoms with Crippen LogP contribution in [0.3, 0.4) is 0 Å². The summed E-state index contributed by atoms with van der Waals surface area (Å²) in [4.78, 5) is 27.7. The van der Waals surface area contributed by atoms with Crippen LogP contribution in [-0.4, -0.2) is 40.7 Å². The van der Waals surface area contributed by atoms with Gasteiger partial charge in [0.15, 0.2) is 11.6 Å². The fourth-order valence-electron chi connectivity index (χ4n) is 3.43. The van der Waals surface area contributed by atoms with Crippen molar-refractivity contribution in [1.82, 2.24) is 9.80 Å². The van der Waals surface area contributed by atoms with Gasteiger partial charge in [-0.3, -0.25) is 9.59 Å². The average molecular weight is 337 g/mol. The molecule has 0 saturated carbocycles. The smallest absolute Gasteiger partial charge is 0.312 e. The van der Waals surface area contributed by atoms with Crippen LogP contribution in [0.5, 0.6) is 0 Å². The van der Waals surface area contributed by atoms with E-state index in [9.17, 15) is 18.4 Å². The van der Waals surface area contributed by atoms with Gasteiger partial charge in [0.25, 0.3) is 0 Å². The van der Waals surface area contributed by atoms with Gasteiger partial charge in [-0.25, -0.2) is 8.78 Å². The third-order valence-electron chi connectivity index (χ3n) is 5.01. The Morgan fingerprint density at radius 1 is 1.04 bits per heavy atom. The number of benzene rings is 1. The molecule has 2 amide bonds. The third kappa shape index (κ3) is 3.13. The predicted molar refractivity (Wildman–Crippen MR) is 83.6 cm³/mol. The molecule has 2 aliphatic rings. The van der Waals surface area contributed by atoms with E-state index < -0.39 is 23.4 Å². The summed E-state index contributed by atoms with van der Waals surface area (Å²) in [6.07, 6.45) is 1.57. The molecule has 2 N–H and O–H groups in total. The summed E-state index contributed by atoms with van der Waals surface area (Å²) in [5.74, 6) is -2.68. The molecule has 7 heteroatoms. The summed E-state index contributed by atoms with van der Waals surface area (Å²) in [6.45, 7) is 3.25. The van der Waals surface area contributed by atoms with Gasteiger partial charge in [-0.05, 0) is 48.9 Å². The van der Waals surface area contributed by atoms with Crippen LogP contribution in [0.1, 0.15) is 30.9 Å². The van der Waals surface area contributed by atoms with E-state index in [-0.39, 0.29) is 19.1 Å².